The number of nitrogens with zero attached hydrogens (tertiary/aromatic N) is 2. The molecular formula is C15H21N3O. The fourth-order valence-electron chi connectivity index (χ4n) is 3.36. The lowest BCUT2D eigenvalue weighted by Crippen LogP contribution is -2.28. The van der Waals surface area contributed by atoms with Gasteiger partial charge in [0.1, 0.15) is 12.4 Å². The molecule has 4 nitrogen and oxygen atoms in total. The summed E-state index contributed by atoms with van der Waals surface area (Å²) in [6, 6.07) is 2.66. The van der Waals surface area contributed by atoms with Gasteiger partial charge in [-0.1, -0.05) is 0 Å². The van der Waals surface area contributed by atoms with Crippen LogP contribution in [-0.4, -0.2) is 37.3 Å². The van der Waals surface area contributed by atoms with Gasteiger partial charge in [-0.3, -0.25) is 4.98 Å². The first kappa shape index (κ1) is 11.5. The molecular weight excluding hydrogens is 238 g/mol. The molecule has 0 spiro atoms. The third kappa shape index (κ3) is 2.41. The Morgan fingerprint density at radius 2 is 2.21 bits per heavy atom. The Bertz CT molecular complexity index is 448. The second-order valence-corrected chi connectivity index (χ2v) is 6.14. The van der Waals surface area contributed by atoms with Gasteiger partial charge < -0.3 is 15.0 Å². The molecule has 19 heavy (non-hydrogen) atoms. The molecule has 0 amide bonds. The molecule has 1 aliphatic carbocycles. The summed E-state index contributed by atoms with van der Waals surface area (Å²) in [7, 11) is 0. The Kier molecular flexibility index (Phi) is 2.84. The van der Waals surface area contributed by atoms with E-state index in [-0.39, 0.29) is 0 Å². The minimum Gasteiger partial charge on any atom is -0.490 e. The van der Waals surface area contributed by atoms with E-state index >= 15 is 0 Å². The summed E-state index contributed by atoms with van der Waals surface area (Å²) >= 11 is 0. The summed E-state index contributed by atoms with van der Waals surface area (Å²) in [5, 5.41) is 3.45. The van der Waals surface area contributed by atoms with E-state index in [9.17, 15) is 0 Å². The number of rotatable bonds is 4. The van der Waals surface area contributed by atoms with E-state index in [1.54, 1.807) is 0 Å². The molecule has 102 valence electrons. The molecule has 4 rings (SSSR count). The number of nitrogens with one attached hydrogen (secondary N) is 1. The average Bonchev–Trinajstić information content (AvgIpc) is 2.88. The van der Waals surface area contributed by atoms with Crippen LogP contribution in [0.1, 0.15) is 19.3 Å². The van der Waals surface area contributed by atoms with Crippen molar-refractivity contribution in [3.63, 3.8) is 0 Å². The number of anilines is 1. The maximum absolute atomic E-state index is 5.88. The van der Waals surface area contributed by atoms with Gasteiger partial charge in [0.2, 0.25) is 0 Å². The van der Waals surface area contributed by atoms with Gasteiger partial charge >= 0.3 is 0 Å². The van der Waals surface area contributed by atoms with Crippen LogP contribution in [0.5, 0.6) is 5.75 Å². The van der Waals surface area contributed by atoms with Gasteiger partial charge in [-0.25, -0.2) is 0 Å². The maximum Gasteiger partial charge on any atom is 0.139 e. The van der Waals surface area contributed by atoms with Gasteiger partial charge in [0.25, 0.3) is 0 Å². The second-order valence-electron chi connectivity index (χ2n) is 6.14. The van der Waals surface area contributed by atoms with Crippen molar-refractivity contribution in [1.82, 2.24) is 10.3 Å². The van der Waals surface area contributed by atoms with Crippen LogP contribution in [0.4, 0.5) is 5.69 Å². The monoisotopic (exact) mass is 259 g/mol. The van der Waals surface area contributed by atoms with Crippen molar-refractivity contribution < 1.29 is 4.74 Å². The third-order valence-electron chi connectivity index (χ3n) is 4.66. The SMILES string of the molecule is c1ncc(N2CC3CC3C2)cc1OC[C@@H]1CCCN1. The zero-order valence-corrected chi connectivity index (χ0v) is 11.2. The fourth-order valence-corrected chi connectivity index (χ4v) is 3.36. The molecule has 2 unspecified atom stereocenters. The van der Waals surface area contributed by atoms with E-state index in [0.717, 1.165) is 30.7 Å². The van der Waals surface area contributed by atoms with Gasteiger partial charge in [0, 0.05) is 25.2 Å². The molecule has 2 saturated heterocycles. The molecule has 2 aliphatic heterocycles. The van der Waals surface area contributed by atoms with Crippen molar-refractivity contribution in [1.29, 1.82) is 0 Å². The number of hydrogen-bond donors (Lipinski definition) is 1. The number of aromatic nitrogens is 1. The Morgan fingerprint density at radius 3 is 3.00 bits per heavy atom. The highest BCUT2D eigenvalue weighted by molar-refractivity contribution is 5.50. The van der Waals surface area contributed by atoms with Crippen LogP contribution in [0.2, 0.25) is 0 Å². The van der Waals surface area contributed by atoms with Crippen molar-refractivity contribution in [2.75, 3.05) is 31.1 Å². The Labute approximate surface area is 114 Å². The first-order valence-corrected chi connectivity index (χ1v) is 7.45. The predicted octanol–water partition coefficient (Wildman–Crippen LogP) is 1.67. The molecule has 3 heterocycles. The van der Waals surface area contributed by atoms with Crippen LogP contribution < -0.4 is 15.0 Å². The highest BCUT2D eigenvalue weighted by Gasteiger charge is 2.45. The topological polar surface area (TPSA) is 37.4 Å². The molecule has 4 heteroatoms. The van der Waals surface area contributed by atoms with Crippen LogP contribution in [-0.2, 0) is 0 Å². The Balaban J connectivity index is 1.38. The minimum absolute atomic E-state index is 0.517. The molecule has 3 aliphatic rings. The van der Waals surface area contributed by atoms with Crippen molar-refractivity contribution in [2.45, 2.75) is 25.3 Å². The molecule has 1 aromatic rings. The minimum atomic E-state index is 0.517. The number of piperidine rings is 1. The third-order valence-corrected chi connectivity index (χ3v) is 4.66. The molecule has 1 aromatic heterocycles. The average molecular weight is 259 g/mol. The summed E-state index contributed by atoms with van der Waals surface area (Å²) in [5.74, 6) is 2.81. The van der Waals surface area contributed by atoms with Gasteiger partial charge in [-0.15, -0.1) is 0 Å². The highest BCUT2D eigenvalue weighted by Crippen LogP contribution is 2.46. The summed E-state index contributed by atoms with van der Waals surface area (Å²) in [6.45, 7) is 4.30. The normalized spacial score (nSPS) is 32.4. The van der Waals surface area contributed by atoms with E-state index in [2.05, 4.69) is 21.3 Å². The molecule has 0 radical (unpaired) electrons. The molecule has 1 N–H and O–H groups in total. The smallest absolute Gasteiger partial charge is 0.139 e. The maximum atomic E-state index is 5.88. The van der Waals surface area contributed by atoms with Crippen LogP contribution in [0.3, 0.4) is 0 Å². The van der Waals surface area contributed by atoms with Crippen LogP contribution in [0, 0.1) is 11.8 Å². The molecule has 0 aromatic carbocycles. The van der Waals surface area contributed by atoms with E-state index in [0.29, 0.717) is 6.04 Å². The first-order chi connectivity index (χ1) is 9.38. The van der Waals surface area contributed by atoms with E-state index in [4.69, 9.17) is 4.74 Å². The highest BCUT2D eigenvalue weighted by atomic mass is 16.5. The van der Waals surface area contributed by atoms with Crippen molar-refractivity contribution in [3.8, 4) is 5.75 Å². The van der Waals surface area contributed by atoms with E-state index in [1.165, 1.54) is 38.0 Å². The standard InChI is InChI=1S/C15H21N3O/c1-2-13(17-3-1)10-19-15-5-14(6-16-7-15)18-8-11-4-12(11)9-18/h5-7,11-13,17H,1-4,8-10H2/t11?,12?,13-/m0/s1. The van der Waals surface area contributed by atoms with E-state index in [1.807, 2.05) is 12.4 Å². The van der Waals surface area contributed by atoms with E-state index < -0.39 is 0 Å². The Hall–Kier alpha value is -1.29. The van der Waals surface area contributed by atoms with Gasteiger partial charge in [-0.2, -0.15) is 0 Å². The van der Waals surface area contributed by atoms with Gasteiger partial charge in [0.15, 0.2) is 0 Å². The fraction of sp³-hybridized carbons (Fsp3) is 0.667. The molecule has 3 fully saturated rings. The molecule has 3 atom stereocenters. The number of ether oxygens (including phenoxy) is 1. The molecule has 0 bridgehead atoms. The predicted molar refractivity (Wildman–Crippen MR) is 74.6 cm³/mol. The second kappa shape index (κ2) is 4.67. The van der Waals surface area contributed by atoms with Crippen molar-refractivity contribution >= 4 is 5.69 Å². The number of hydrogen-bond acceptors (Lipinski definition) is 4. The van der Waals surface area contributed by atoms with Crippen LogP contribution in [0.15, 0.2) is 18.5 Å². The summed E-state index contributed by atoms with van der Waals surface area (Å²) < 4.78 is 5.88. The van der Waals surface area contributed by atoms with Gasteiger partial charge in [0.05, 0.1) is 18.1 Å². The zero-order valence-electron chi connectivity index (χ0n) is 11.2. The lowest BCUT2D eigenvalue weighted by molar-refractivity contribution is 0.276. The molecule has 1 saturated carbocycles. The summed E-state index contributed by atoms with van der Waals surface area (Å²) in [5.41, 5.74) is 1.23. The van der Waals surface area contributed by atoms with Gasteiger partial charge in [-0.05, 0) is 37.6 Å². The quantitative estimate of drug-likeness (QED) is 0.892. The first-order valence-electron chi connectivity index (χ1n) is 7.45. The summed E-state index contributed by atoms with van der Waals surface area (Å²) in [4.78, 5) is 6.78. The lowest BCUT2D eigenvalue weighted by atomic mass is 10.2. The zero-order chi connectivity index (χ0) is 12.7. The van der Waals surface area contributed by atoms with Crippen LogP contribution in [0.25, 0.3) is 0 Å². The lowest BCUT2D eigenvalue weighted by Gasteiger charge is -2.20. The van der Waals surface area contributed by atoms with Crippen LogP contribution >= 0.6 is 0 Å². The largest absolute Gasteiger partial charge is 0.490 e. The van der Waals surface area contributed by atoms with Crippen molar-refractivity contribution in [3.05, 3.63) is 18.5 Å². The summed E-state index contributed by atoms with van der Waals surface area (Å²) in [6.07, 6.45) is 7.72. The Morgan fingerprint density at radius 1 is 1.32 bits per heavy atom. The number of pyridine rings is 1. The van der Waals surface area contributed by atoms with Crippen molar-refractivity contribution in [2.24, 2.45) is 11.8 Å². The number of fused-ring (bicyclic) bond motifs is 1.